The smallest absolute Gasteiger partial charge is 0.0156 e. The predicted octanol–water partition coefficient (Wildman–Crippen LogP) is 5.53. The Balaban J connectivity index is 0.000000796. The van der Waals surface area contributed by atoms with Gasteiger partial charge in [0.05, 0.1) is 0 Å². The van der Waals surface area contributed by atoms with E-state index in [4.69, 9.17) is 17.3 Å². The van der Waals surface area contributed by atoms with E-state index >= 15 is 0 Å². The monoisotopic (exact) mass is 291 g/mol. The second kappa shape index (κ2) is 9.44. The van der Waals surface area contributed by atoms with E-state index in [1.807, 2.05) is 19.1 Å². The molecule has 1 nitrogen and oxygen atoms in total. The average molecular weight is 292 g/mol. The van der Waals surface area contributed by atoms with Crippen LogP contribution in [0.15, 0.2) is 36.0 Å². The minimum atomic E-state index is 0.667. The van der Waals surface area contributed by atoms with Crippen LogP contribution in [0.5, 0.6) is 0 Å². The molecule has 0 aromatic heterocycles. The van der Waals surface area contributed by atoms with E-state index in [0.29, 0.717) is 5.70 Å². The number of hydrogen-bond acceptors (Lipinski definition) is 1. The molecule has 2 heteroatoms. The Morgan fingerprint density at radius 2 is 1.55 bits per heavy atom. The van der Waals surface area contributed by atoms with Crippen molar-refractivity contribution in [2.45, 2.75) is 40.5 Å². The maximum atomic E-state index is 5.94. The number of benzene rings is 1. The molecule has 0 saturated heterocycles. The second-order valence-electron chi connectivity index (χ2n) is 4.74. The van der Waals surface area contributed by atoms with Crippen molar-refractivity contribution in [2.75, 3.05) is 0 Å². The van der Waals surface area contributed by atoms with Crippen molar-refractivity contribution < 1.29 is 0 Å². The lowest BCUT2D eigenvalue weighted by Crippen LogP contribution is -1.94. The molecule has 1 rings (SSSR count). The fraction of sp³-hybridized carbons (Fsp3) is 0.333. The van der Waals surface area contributed by atoms with E-state index < -0.39 is 0 Å². The van der Waals surface area contributed by atoms with Gasteiger partial charge >= 0.3 is 0 Å². The summed E-state index contributed by atoms with van der Waals surface area (Å²) in [7, 11) is 0. The van der Waals surface area contributed by atoms with Crippen molar-refractivity contribution in [3.63, 3.8) is 0 Å². The summed E-state index contributed by atoms with van der Waals surface area (Å²) < 4.78 is 0. The topological polar surface area (TPSA) is 26.0 Å². The maximum Gasteiger partial charge on any atom is 0.0156 e. The Morgan fingerprint density at radius 1 is 1.15 bits per heavy atom. The molecule has 1 aromatic rings. The lowest BCUT2D eigenvalue weighted by Gasteiger charge is -2.10. The third-order valence-electron chi connectivity index (χ3n) is 2.74. The molecular weight excluding hydrogens is 266 g/mol. The normalized spacial score (nSPS) is 10.6. The molecule has 110 valence electrons. The van der Waals surface area contributed by atoms with Crippen LogP contribution in [-0.2, 0) is 12.8 Å². The van der Waals surface area contributed by atoms with Crippen LogP contribution in [0.4, 0.5) is 0 Å². The molecule has 0 radical (unpaired) electrons. The first-order chi connectivity index (χ1) is 9.35. The van der Waals surface area contributed by atoms with Crippen LogP contribution in [0, 0.1) is 0 Å². The quantitative estimate of drug-likeness (QED) is 0.775. The van der Waals surface area contributed by atoms with E-state index in [9.17, 15) is 0 Å². The summed E-state index contributed by atoms with van der Waals surface area (Å²) in [4.78, 5) is 0. The summed E-state index contributed by atoms with van der Waals surface area (Å²) in [5.74, 6) is 0. The Bertz CT molecular complexity index is 490. The molecule has 0 aliphatic rings. The predicted molar refractivity (Wildman–Crippen MR) is 93.8 cm³/mol. The van der Waals surface area contributed by atoms with Crippen LogP contribution in [0.3, 0.4) is 0 Å². The molecule has 0 saturated carbocycles. The van der Waals surface area contributed by atoms with Crippen molar-refractivity contribution in [3.8, 4) is 0 Å². The summed E-state index contributed by atoms with van der Waals surface area (Å²) in [6, 6.07) is 4.44. The van der Waals surface area contributed by atoms with Gasteiger partial charge in [0, 0.05) is 5.03 Å². The molecule has 0 aliphatic heterocycles. The zero-order valence-corrected chi connectivity index (χ0v) is 13.8. The number of allylic oxidation sites excluding steroid dienone is 2. The lowest BCUT2D eigenvalue weighted by atomic mass is 9.95. The molecule has 0 amide bonds. The molecule has 0 fully saturated rings. The molecule has 0 atom stereocenters. The second-order valence-corrected chi connectivity index (χ2v) is 5.33. The highest BCUT2D eigenvalue weighted by Gasteiger charge is 2.04. The largest absolute Gasteiger partial charge is 0.403 e. The number of halogens is 1. The molecule has 0 spiro atoms. The van der Waals surface area contributed by atoms with Crippen molar-refractivity contribution in [3.05, 3.63) is 58.3 Å². The van der Waals surface area contributed by atoms with Crippen LogP contribution in [-0.4, -0.2) is 0 Å². The highest BCUT2D eigenvalue weighted by molar-refractivity contribution is 6.31. The van der Waals surface area contributed by atoms with E-state index in [1.165, 1.54) is 11.1 Å². The summed E-state index contributed by atoms with van der Waals surface area (Å²) in [5.41, 5.74) is 10.7. The Hall–Kier alpha value is -1.47. The van der Waals surface area contributed by atoms with E-state index in [0.717, 1.165) is 29.0 Å². The van der Waals surface area contributed by atoms with Gasteiger partial charge in [-0.05, 0) is 60.7 Å². The van der Waals surface area contributed by atoms with Crippen LogP contribution in [0.1, 0.15) is 49.9 Å². The molecule has 20 heavy (non-hydrogen) atoms. The van der Waals surface area contributed by atoms with Crippen LogP contribution in [0.25, 0.3) is 12.2 Å². The average Bonchev–Trinajstić information content (AvgIpc) is 2.36. The van der Waals surface area contributed by atoms with Gasteiger partial charge in [-0.3, -0.25) is 0 Å². The first kappa shape index (κ1) is 18.5. The zero-order valence-electron chi connectivity index (χ0n) is 13.1. The maximum absolute atomic E-state index is 5.94. The number of aryl methyl sites for hydroxylation is 2. The summed E-state index contributed by atoms with van der Waals surface area (Å²) >= 11 is 5.94. The molecule has 2 N–H and O–H groups in total. The number of nitrogens with two attached hydrogens (primary N) is 1. The molecule has 1 aromatic carbocycles. The zero-order chi connectivity index (χ0) is 15.7. The summed E-state index contributed by atoms with van der Waals surface area (Å²) in [5, 5.41) is 0.800. The fourth-order valence-corrected chi connectivity index (χ4v) is 2.02. The van der Waals surface area contributed by atoms with Crippen LogP contribution < -0.4 is 5.73 Å². The third-order valence-corrected chi connectivity index (χ3v) is 2.85. The highest BCUT2D eigenvalue weighted by Crippen LogP contribution is 2.22. The first-order valence-electron chi connectivity index (χ1n) is 6.88. The first-order valence-corrected chi connectivity index (χ1v) is 7.26. The van der Waals surface area contributed by atoms with E-state index in [2.05, 4.69) is 39.1 Å². The molecule has 0 heterocycles. The van der Waals surface area contributed by atoms with Gasteiger partial charge in [-0.25, -0.2) is 0 Å². The fourth-order valence-electron chi connectivity index (χ4n) is 1.90. The Morgan fingerprint density at radius 3 is 1.85 bits per heavy atom. The van der Waals surface area contributed by atoms with E-state index in [1.54, 1.807) is 6.92 Å². The van der Waals surface area contributed by atoms with Gasteiger partial charge < -0.3 is 5.73 Å². The van der Waals surface area contributed by atoms with Crippen LogP contribution >= 0.6 is 11.6 Å². The lowest BCUT2D eigenvalue weighted by molar-refractivity contribution is 1.03. The van der Waals surface area contributed by atoms with E-state index in [-0.39, 0.29) is 0 Å². The standard InChI is InChI=1S/C15H19Cl.C3H7N/c1-5-12-9-14(7-3)15(8-11(4)16)10-13(12)6-2;1-3(2)4/h7-10H,3,5-6H2,1-2,4H3;1,4H2,2H3/b11-8+;. The van der Waals surface area contributed by atoms with Crippen molar-refractivity contribution in [1.82, 2.24) is 0 Å². The minimum Gasteiger partial charge on any atom is -0.403 e. The SMILES string of the molecule is C=C(C)N.C=Cc1cc(CC)c(CC)cc1/C=C(\C)Cl. The van der Waals surface area contributed by atoms with Gasteiger partial charge in [0.15, 0.2) is 0 Å². The van der Waals surface area contributed by atoms with Gasteiger partial charge in [-0.1, -0.05) is 56.8 Å². The van der Waals surface area contributed by atoms with Crippen LogP contribution in [0.2, 0.25) is 0 Å². The van der Waals surface area contributed by atoms with Gasteiger partial charge in [0.25, 0.3) is 0 Å². The van der Waals surface area contributed by atoms with Gasteiger partial charge in [0.1, 0.15) is 0 Å². The highest BCUT2D eigenvalue weighted by atomic mass is 35.5. The van der Waals surface area contributed by atoms with Crippen molar-refractivity contribution >= 4 is 23.8 Å². The Labute approximate surface area is 128 Å². The summed E-state index contributed by atoms with van der Waals surface area (Å²) in [6.07, 6.45) is 6.01. The van der Waals surface area contributed by atoms with Crippen molar-refractivity contribution in [1.29, 1.82) is 0 Å². The van der Waals surface area contributed by atoms with Gasteiger partial charge in [0.2, 0.25) is 0 Å². The van der Waals surface area contributed by atoms with Gasteiger partial charge in [-0.15, -0.1) is 0 Å². The van der Waals surface area contributed by atoms with Gasteiger partial charge in [-0.2, -0.15) is 0 Å². The number of hydrogen-bond donors (Lipinski definition) is 1. The molecule has 0 aliphatic carbocycles. The Kier molecular flexibility index (Phi) is 8.74. The number of rotatable bonds is 4. The molecular formula is C18H26ClN. The minimum absolute atomic E-state index is 0.667. The molecule has 0 bridgehead atoms. The summed E-state index contributed by atoms with van der Waals surface area (Å²) in [6.45, 7) is 15.2. The third kappa shape index (κ3) is 6.63. The van der Waals surface area contributed by atoms with Crippen molar-refractivity contribution in [2.24, 2.45) is 5.73 Å². The molecule has 0 unspecified atom stereocenters.